The van der Waals surface area contributed by atoms with E-state index in [1.54, 1.807) is 23.1 Å². The van der Waals surface area contributed by atoms with Crippen molar-refractivity contribution < 1.29 is 9.18 Å². The molecule has 0 atom stereocenters. The minimum Gasteiger partial charge on any atom is -0.331 e. The number of nitrogens with zero attached hydrogens (tertiary/aromatic N) is 2. The van der Waals surface area contributed by atoms with Gasteiger partial charge >= 0.3 is 0 Å². The predicted molar refractivity (Wildman–Crippen MR) is 107 cm³/mol. The Bertz CT molecular complexity index is 1070. The van der Waals surface area contributed by atoms with Crippen LogP contribution in [0.1, 0.15) is 29.5 Å². The average molecular weight is 453 g/mol. The van der Waals surface area contributed by atoms with Crippen molar-refractivity contribution in [1.82, 2.24) is 14.9 Å². The summed E-state index contributed by atoms with van der Waals surface area (Å²) in [6.07, 6.45) is 0.716. The first kappa shape index (κ1) is 19.5. The molecule has 0 saturated heterocycles. The lowest BCUT2D eigenvalue weighted by molar-refractivity contribution is 0.0738. The molecule has 0 radical (unpaired) electrons. The predicted octanol–water partition coefficient (Wildman–Crippen LogP) is 4.53. The molecule has 3 aromatic rings. The number of carbonyl (C=O) groups is 1. The van der Waals surface area contributed by atoms with E-state index in [9.17, 15) is 14.0 Å². The fourth-order valence-corrected chi connectivity index (χ4v) is 3.46. The highest BCUT2D eigenvalue weighted by molar-refractivity contribution is 9.10. The second-order valence-electron chi connectivity index (χ2n) is 6.02. The Morgan fingerprint density at radius 1 is 1.30 bits per heavy atom. The molecule has 140 valence electrons. The molecule has 5 nitrogen and oxygen atoms in total. The van der Waals surface area contributed by atoms with Gasteiger partial charge < -0.3 is 9.88 Å². The van der Waals surface area contributed by atoms with Crippen LogP contribution in [-0.4, -0.2) is 27.3 Å². The lowest BCUT2D eigenvalue weighted by Gasteiger charge is -2.22. The monoisotopic (exact) mass is 451 g/mol. The van der Waals surface area contributed by atoms with Crippen LogP contribution in [0.3, 0.4) is 0 Å². The highest BCUT2D eigenvalue weighted by Gasteiger charge is 2.19. The first-order valence-electron chi connectivity index (χ1n) is 8.32. The van der Waals surface area contributed by atoms with Gasteiger partial charge in [-0.1, -0.05) is 18.5 Å². The zero-order valence-electron chi connectivity index (χ0n) is 14.4. The van der Waals surface area contributed by atoms with Crippen molar-refractivity contribution in [3.8, 4) is 0 Å². The highest BCUT2D eigenvalue weighted by atomic mass is 79.9. The number of nitrogens with one attached hydrogen (secondary N) is 1. The number of hydrogen-bond acceptors (Lipinski definition) is 3. The second-order valence-corrected chi connectivity index (χ2v) is 7.32. The van der Waals surface area contributed by atoms with E-state index >= 15 is 0 Å². The molecule has 0 aliphatic rings. The normalized spacial score (nSPS) is 11.0. The number of benzene rings is 2. The molecule has 0 fully saturated rings. The fraction of sp³-hybridized carbons (Fsp3) is 0.211. The van der Waals surface area contributed by atoms with Crippen molar-refractivity contribution in [3.63, 3.8) is 0 Å². The molecule has 3 rings (SSSR count). The molecule has 1 N–H and O–H groups in total. The molecule has 2 aromatic carbocycles. The molecule has 0 unspecified atom stereocenters. The summed E-state index contributed by atoms with van der Waals surface area (Å²) in [4.78, 5) is 33.9. The minimum absolute atomic E-state index is 0.119. The Balaban J connectivity index is 1.95. The van der Waals surface area contributed by atoms with Gasteiger partial charge in [-0.05, 0) is 58.7 Å². The standard InChI is InChI=1S/C19H16BrClFN3O2/c1-2-7-25(19(27)13-6-4-12(22)9-15(13)20)10-17-23-16-8-11(21)3-5-14(16)18(26)24-17/h3-6,8-9H,2,7,10H2,1H3,(H,23,24,26). The molecule has 1 heterocycles. The third kappa shape index (κ3) is 4.36. The van der Waals surface area contributed by atoms with E-state index in [0.29, 0.717) is 44.8 Å². The van der Waals surface area contributed by atoms with Crippen LogP contribution in [0.25, 0.3) is 10.9 Å². The fourth-order valence-electron chi connectivity index (χ4n) is 2.77. The number of hydrogen-bond donors (Lipinski definition) is 1. The zero-order chi connectivity index (χ0) is 19.6. The van der Waals surface area contributed by atoms with Crippen molar-refractivity contribution in [1.29, 1.82) is 0 Å². The largest absolute Gasteiger partial charge is 0.331 e. The summed E-state index contributed by atoms with van der Waals surface area (Å²) in [6.45, 7) is 2.52. The molecular weight excluding hydrogens is 437 g/mol. The van der Waals surface area contributed by atoms with E-state index in [0.717, 1.165) is 0 Å². The van der Waals surface area contributed by atoms with Gasteiger partial charge in [0.05, 0.1) is 23.0 Å². The van der Waals surface area contributed by atoms with Crippen LogP contribution < -0.4 is 5.56 Å². The van der Waals surface area contributed by atoms with Crippen LogP contribution >= 0.6 is 27.5 Å². The maximum Gasteiger partial charge on any atom is 0.258 e. The molecule has 8 heteroatoms. The molecule has 1 aromatic heterocycles. The quantitative estimate of drug-likeness (QED) is 0.618. The number of carbonyl (C=O) groups excluding carboxylic acids is 1. The first-order valence-corrected chi connectivity index (χ1v) is 9.49. The van der Waals surface area contributed by atoms with E-state index in [4.69, 9.17) is 11.6 Å². The van der Waals surface area contributed by atoms with E-state index in [1.807, 2.05) is 6.92 Å². The van der Waals surface area contributed by atoms with Crippen molar-refractivity contribution in [2.75, 3.05) is 6.54 Å². The van der Waals surface area contributed by atoms with Gasteiger partial charge in [-0.3, -0.25) is 9.59 Å². The number of aromatic nitrogens is 2. The molecule has 0 saturated carbocycles. The average Bonchev–Trinajstić information content (AvgIpc) is 2.60. The Morgan fingerprint density at radius 3 is 2.78 bits per heavy atom. The lowest BCUT2D eigenvalue weighted by Crippen LogP contribution is -2.33. The van der Waals surface area contributed by atoms with Crippen molar-refractivity contribution in [2.24, 2.45) is 0 Å². The highest BCUT2D eigenvalue weighted by Crippen LogP contribution is 2.21. The van der Waals surface area contributed by atoms with E-state index in [2.05, 4.69) is 25.9 Å². The van der Waals surface area contributed by atoms with Gasteiger partial charge in [0.15, 0.2) is 0 Å². The van der Waals surface area contributed by atoms with Crippen LogP contribution in [0.2, 0.25) is 5.02 Å². The Labute approximate surface area is 168 Å². The third-order valence-corrected chi connectivity index (χ3v) is 4.89. The van der Waals surface area contributed by atoms with E-state index in [1.165, 1.54) is 18.2 Å². The molecule has 0 aliphatic carbocycles. The number of halogens is 3. The summed E-state index contributed by atoms with van der Waals surface area (Å²) in [6, 6.07) is 8.76. The van der Waals surface area contributed by atoms with Gasteiger partial charge in [0.25, 0.3) is 11.5 Å². The summed E-state index contributed by atoms with van der Waals surface area (Å²) < 4.78 is 13.7. The molecule has 27 heavy (non-hydrogen) atoms. The third-order valence-electron chi connectivity index (χ3n) is 4.00. The van der Waals surface area contributed by atoms with Crippen LogP contribution in [-0.2, 0) is 6.54 Å². The number of rotatable bonds is 5. The van der Waals surface area contributed by atoms with Gasteiger partial charge in [0.1, 0.15) is 11.6 Å². The van der Waals surface area contributed by atoms with E-state index < -0.39 is 5.82 Å². The summed E-state index contributed by atoms with van der Waals surface area (Å²) in [5, 5.41) is 0.904. The van der Waals surface area contributed by atoms with Crippen LogP contribution in [0.4, 0.5) is 4.39 Å². The second kappa shape index (κ2) is 8.19. The summed E-state index contributed by atoms with van der Waals surface area (Å²) in [5.74, 6) is -0.356. The van der Waals surface area contributed by atoms with Crippen LogP contribution in [0, 0.1) is 5.82 Å². The number of amides is 1. The minimum atomic E-state index is -0.433. The molecule has 0 aliphatic heterocycles. The summed E-state index contributed by atoms with van der Waals surface area (Å²) >= 11 is 9.22. The van der Waals surface area contributed by atoms with Crippen molar-refractivity contribution >= 4 is 44.3 Å². The van der Waals surface area contributed by atoms with Crippen LogP contribution in [0.5, 0.6) is 0 Å². The van der Waals surface area contributed by atoms with Gasteiger partial charge in [0.2, 0.25) is 0 Å². The topological polar surface area (TPSA) is 66.1 Å². The lowest BCUT2D eigenvalue weighted by atomic mass is 10.2. The van der Waals surface area contributed by atoms with Crippen molar-refractivity contribution in [2.45, 2.75) is 19.9 Å². The smallest absolute Gasteiger partial charge is 0.258 e. The Hall–Kier alpha value is -2.25. The molecule has 0 spiro atoms. The molecule has 0 bridgehead atoms. The first-order chi connectivity index (χ1) is 12.9. The molecule has 1 amide bonds. The van der Waals surface area contributed by atoms with Crippen LogP contribution in [0.15, 0.2) is 45.7 Å². The maximum absolute atomic E-state index is 13.3. The van der Waals surface area contributed by atoms with Crippen molar-refractivity contribution in [3.05, 3.63) is 73.5 Å². The summed E-state index contributed by atoms with van der Waals surface area (Å²) in [5.41, 5.74) is 0.516. The van der Waals surface area contributed by atoms with Gasteiger partial charge in [-0.2, -0.15) is 0 Å². The Kier molecular flexibility index (Phi) is 5.92. The zero-order valence-corrected chi connectivity index (χ0v) is 16.8. The number of H-pyrrole nitrogens is 1. The van der Waals surface area contributed by atoms with E-state index in [-0.39, 0.29) is 18.0 Å². The number of aromatic amines is 1. The van der Waals surface area contributed by atoms with Gasteiger partial charge in [-0.15, -0.1) is 0 Å². The molecular formula is C19H16BrClFN3O2. The SMILES string of the molecule is CCCN(Cc1nc2cc(Cl)ccc2c(=O)[nH]1)C(=O)c1ccc(F)cc1Br. The van der Waals surface area contributed by atoms with Gasteiger partial charge in [-0.25, -0.2) is 9.37 Å². The Morgan fingerprint density at radius 2 is 2.07 bits per heavy atom. The van der Waals surface area contributed by atoms with Gasteiger partial charge in [0, 0.05) is 16.0 Å². The summed E-state index contributed by atoms with van der Waals surface area (Å²) in [7, 11) is 0. The maximum atomic E-state index is 13.3. The number of fused-ring (bicyclic) bond motifs is 1.